The summed E-state index contributed by atoms with van der Waals surface area (Å²) in [5.74, 6) is 0.354. The normalized spacial score (nSPS) is 14.2. The standard InChI is InChI=1S/C28H25ClN2O5S/c1-18-11-12-19(2)24(15-18)35-14-13-31-27(33)25(37-28(31)34)16-20-7-3-6-10-23(20)36-17-26(32)30-22-9-5-4-8-21(22)29/h3-12,15-16H,13-14,17H2,1-2H3,(H,30,32)/b25-16-. The van der Waals surface area contributed by atoms with Crippen LogP contribution in [0.25, 0.3) is 6.08 Å². The van der Waals surface area contributed by atoms with Gasteiger partial charge in [0.15, 0.2) is 6.61 Å². The van der Waals surface area contributed by atoms with Gasteiger partial charge in [-0.1, -0.05) is 54.1 Å². The van der Waals surface area contributed by atoms with Gasteiger partial charge in [0.1, 0.15) is 18.1 Å². The fraction of sp³-hybridized carbons (Fsp3) is 0.179. The lowest BCUT2D eigenvalue weighted by Gasteiger charge is -2.14. The van der Waals surface area contributed by atoms with E-state index < -0.39 is 5.91 Å². The number of hydrogen-bond acceptors (Lipinski definition) is 6. The van der Waals surface area contributed by atoms with Crippen molar-refractivity contribution < 1.29 is 23.9 Å². The van der Waals surface area contributed by atoms with Gasteiger partial charge in [-0.25, -0.2) is 0 Å². The number of nitrogens with zero attached hydrogens (tertiary/aromatic N) is 1. The number of para-hydroxylation sites is 2. The van der Waals surface area contributed by atoms with Crippen LogP contribution in [-0.4, -0.2) is 41.7 Å². The first kappa shape index (κ1) is 26.3. The van der Waals surface area contributed by atoms with Gasteiger partial charge in [-0.15, -0.1) is 0 Å². The van der Waals surface area contributed by atoms with Gasteiger partial charge < -0.3 is 14.8 Å². The molecule has 7 nitrogen and oxygen atoms in total. The molecule has 0 aliphatic carbocycles. The maximum atomic E-state index is 12.9. The first-order chi connectivity index (χ1) is 17.8. The number of halogens is 1. The number of benzene rings is 3. The molecule has 0 saturated carbocycles. The molecule has 3 aromatic rings. The molecule has 1 heterocycles. The molecule has 4 rings (SSSR count). The summed E-state index contributed by atoms with van der Waals surface area (Å²) in [7, 11) is 0. The Labute approximate surface area is 224 Å². The van der Waals surface area contributed by atoms with Crippen LogP contribution in [0.1, 0.15) is 16.7 Å². The first-order valence-corrected chi connectivity index (χ1v) is 12.7. The smallest absolute Gasteiger partial charge is 0.293 e. The summed E-state index contributed by atoms with van der Waals surface area (Å²) in [6, 6.07) is 19.8. The minimum absolute atomic E-state index is 0.135. The number of carbonyl (C=O) groups excluding carboxylic acids is 3. The molecule has 190 valence electrons. The average molecular weight is 537 g/mol. The summed E-state index contributed by atoms with van der Waals surface area (Å²) in [4.78, 5) is 39.2. The Kier molecular flexibility index (Phi) is 8.53. The van der Waals surface area contributed by atoms with Crippen LogP contribution in [0.3, 0.4) is 0 Å². The van der Waals surface area contributed by atoms with Crippen LogP contribution in [0.15, 0.2) is 71.6 Å². The van der Waals surface area contributed by atoms with E-state index in [2.05, 4.69) is 5.32 Å². The van der Waals surface area contributed by atoms with Gasteiger partial charge in [0.05, 0.1) is 22.2 Å². The van der Waals surface area contributed by atoms with E-state index in [1.165, 1.54) is 4.90 Å². The van der Waals surface area contributed by atoms with E-state index in [0.29, 0.717) is 22.0 Å². The zero-order valence-electron chi connectivity index (χ0n) is 20.3. The number of amides is 3. The highest BCUT2D eigenvalue weighted by Gasteiger charge is 2.35. The maximum absolute atomic E-state index is 12.9. The number of anilines is 1. The van der Waals surface area contributed by atoms with E-state index in [-0.39, 0.29) is 35.8 Å². The number of nitrogens with one attached hydrogen (secondary N) is 1. The molecule has 0 spiro atoms. The van der Waals surface area contributed by atoms with Gasteiger partial charge in [0.25, 0.3) is 17.1 Å². The quantitative estimate of drug-likeness (QED) is 0.333. The molecule has 3 aromatic carbocycles. The Morgan fingerprint density at radius 2 is 1.76 bits per heavy atom. The van der Waals surface area contributed by atoms with Crippen LogP contribution in [0.5, 0.6) is 11.5 Å². The van der Waals surface area contributed by atoms with E-state index in [1.807, 2.05) is 32.0 Å². The van der Waals surface area contributed by atoms with Gasteiger partial charge in [-0.3, -0.25) is 19.3 Å². The number of thioether (sulfide) groups is 1. The third-order valence-corrected chi connectivity index (χ3v) is 6.74. The van der Waals surface area contributed by atoms with Crippen molar-refractivity contribution in [1.82, 2.24) is 4.90 Å². The highest BCUT2D eigenvalue weighted by atomic mass is 35.5. The van der Waals surface area contributed by atoms with Crippen LogP contribution >= 0.6 is 23.4 Å². The van der Waals surface area contributed by atoms with Crippen molar-refractivity contribution in [2.75, 3.05) is 25.1 Å². The Morgan fingerprint density at radius 3 is 2.57 bits per heavy atom. The Morgan fingerprint density at radius 1 is 1.00 bits per heavy atom. The molecule has 0 aromatic heterocycles. The van der Waals surface area contributed by atoms with Gasteiger partial charge in [-0.2, -0.15) is 0 Å². The second-order valence-electron chi connectivity index (χ2n) is 8.31. The zero-order chi connectivity index (χ0) is 26.4. The van der Waals surface area contributed by atoms with Crippen LogP contribution in [0, 0.1) is 13.8 Å². The van der Waals surface area contributed by atoms with E-state index >= 15 is 0 Å². The molecule has 0 atom stereocenters. The van der Waals surface area contributed by atoms with E-state index in [9.17, 15) is 14.4 Å². The Hall–Kier alpha value is -3.75. The van der Waals surface area contributed by atoms with Crippen LogP contribution in [-0.2, 0) is 9.59 Å². The highest BCUT2D eigenvalue weighted by Crippen LogP contribution is 2.34. The number of aryl methyl sites for hydroxylation is 2. The summed E-state index contributed by atoms with van der Waals surface area (Å²) < 4.78 is 11.5. The summed E-state index contributed by atoms with van der Waals surface area (Å²) >= 11 is 6.94. The predicted molar refractivity (Wildman–Crippen MR) is 146 cm³/mol. The highest BCUT2D eigenvalue weighted by molar-refractivity contribution is 8.18. The molecule has 0 unspecified atom stereocenters. The van der Waals surface area contributed by atoms with Crippen molar-refractivity contribution in [3.05, 3.63) is 93.3 Å². The largest absolute Gasteiger partial charge is 0.491 e. The van der Waals surface area contributed by atoms with Gasteiger partial charge in [0, 0.05) is 5.56 Å². The number of ether oxygens (including phenoxy) is 2. The van der Waals surface area contributed by atoms with Crippen molar-refractivity contribution in [3.8, 4) is 11.5 Å². The number of hydrogen-bond donors (Lipinski definition) is 1. The molecule has 37 heavy (non-hydrogen) atoms. The van der Waals surface area contributed by atoms with Crippen molar-refractivity contribution in [2.24, 2.45) is 0 Å². The molecule has 0 bridgehead atoms. The summed E-state index contributed by atoms with van der Waals surface area (Å²) in [6.07, 6.45) is 1.60. The minimum atomic E-state index is -0.397. The number of imide groups is 1. The minimum Gasteiger partial charge on any atom is -0.491 e. The molecule has 3 amide bonds. The molecule has 1 fully saturated rings. The lowest BCUT2D eigenvalue weighted by molar-refractivity contribution is -0.123. The molecular formula is C28H25ClN2O5S. The fourth-order valence-electron chi connectivity index (χ4n) is 3.57. The predicted octanol–water partition coefficient (Wildman–Crippen LogP) is 6.09. The second kappa shape index (κ2) is 12.0. The topological polar surface area (TPSA) is 84.9 Å². The second-order valence-corrected chi connectivity index (χ2v) is 9.71. The van der Waals surface area contributed by atoms with Crippen molar-refractivity contribution >= 4 is 52.2 Å². The number of rotatable bonds is 9. The molecule has 1 N–H and O–H groups in total. The molecule has 0 radical (unpaired) electrons. The van der Waals surface area contributed by atoms with E-state index in [4.69, 9.17) is 21.1 Å². The maximum Gasteiger partial charge on any atom is 0.293 e. The summed E-state index contributed by atoms with van der Waals surface area (Å²) in [5.41, 5.74) is 3.11. The third kappa shape index (κ3) is 6.72. The van der Waals surface area contributed by atoms with Gasteiger partial charge in [0.2, 0.25) is 0 Å². The molecular weight excluding hydrogens is 512 g/mol. The number of carbonyl (C=O) groups is 3. The third-order valence-electron chi connectivity index (χ3n) is 5.50. The van der Waals surface area contributed by atoms with E-state index in [0.717, 1.165) is 28.6 Å². The monoisotopic (exact) mass is 536 g/mol. The van der Waals surface area contributed by atoms with Crippen LogP contribution < -0.4 is 14.8 Å². The molecule has 1 aliphatic heterocycles. The van der Waals surface area contributed by atoms with Gasteiger partial charge in [-0.05, 0) is 67.1 Å². The van der Waals surface area contributed by atoms with Gasteiger partial charge >= 0.3 is 0 Å². The zero-order valence-corrected chi connectivity index (χ0v) is 21.9. The van der Waals surface area contributed by atoms with Crippen molar-refractivity contribution in [3.63, 3.8) is 0 Å². The lowest BCUT2D eigenvalue weighted by atomic mass is 10.1. The van der Waals surface area contributed by atoms with Crippen molar-refractivity contribution in [2.45, 2.75) is 13.8 Å². The van der Waals surface area contributed by atoms with Crippen LogP contribution in [0.2, 0.25) is 5.02 Å². The molecule has 1 saturated heterocycles. The SMILES string of the molecule is Cc1ccc(C)c(OCCN2C(=O)S/C(=C\c3ccccc3OCC(=O)Nc3ccccc3Cl)C2=O)c1. The fourth-order valence-corrected chi connectivity index (χ4v) is 4.61. The van der Waals surface area contributed by atoms with Crippen molar-refractivity contribution in [1.29, 1.82) is 0 Å². The summed E-state index contributed by atoms with van der Waals surface area (Å²) in [5, 5.41) is 2.76. The molecule has 1 aliphatic rings. The molecule has 9 heteroatoms. The Bertz CT molecular complexity index is 1370. The lowest BCUT2D eigenvalue weighted by Crippen LogP contribution is -2.32. The van der Waals surface area contributed by atoms with Crippen LogP contribution in [0.4, 0.5) is 10.5 Å². The van der Waals surface area contributed by atoms with E-state index in [1.54, 1.807) is 54.6 Å². The first-order valence-electron chi connectivity index (χ1n) is 11.5. The summed E-state index contributed by atoms with van der Waals surface area (Å²) in [6.45, 7) is 3.98. The Balaban J connectivity index is 1.38. The average Bonchev–Trinajstić information content (AvgIpc) is 3.14.